The van der Waals surface area contributed by atoms with Gasteiger partial charge in [-0.3, -0.25) is 24.2 Å². The minimum atomic E-state index is -1.22. The Labute approximate surface area is 216 Å². The first kappa shape index (κ1) is 22.9. The smallest absolute Gasteiger partial charge is 0.274 e. The van der Waals surface area contributed by atoms with Crippen LogP contribution in [-0.2, 0) is 20.9 Å². The molecule has 38 heavy (non-hydrogen) atoms. The van der Waals surface area contributed by atoms with Gasteiger partial charge in [0.25, 0.3) is 5.56 Å². The SMILES string of the molecule is C[C@]12O[C@](CCn3[nH]c4ccccc4c3=O)(C[C@@H]1O)[C@H]1C(=O)N(c3ccc(C#N)c4ccccc34)C(=O)[C@H]12. The second-order valence-electron chi connectivity index (χ2n) is 10.7. The molecule has 9 heteroatoms. The number of H-pyrrole nitrogens is 1. The third-order valence-electron chi connectivity index (χ3n) is 8.79. The molecular formula is C29H24N4O5. The third-order valence-corrected chi connectivity index (χ3v) is 8.79. The number of fused-ring (bicyclic) bond motifs is 7. The molecule has 2 amide bonds. The number of aliphatic hydroxyl groups excluding tert-OH is 1. The van der Waals surface area contributed by atoms with Gasteiger partial charge in [-0.2, -0.15) is 5.26 Å². The van der Waals surface area contributed by atoms with Crippen LogP contribution in [0.1, 0.15) is 25.3 Å². The van der Waals surface area contributed by atoms with Crippen molar-refractivity contribution in [3.8, 4) is 6.07 Å². The van der Waals surface area contributed by atoms with E-state index in [1.165, 1.54) is 9.58 Å². The molecular weight excluding hydrogens is 484 g/mol. The number of carbonyl (C=O) groups excluding carboxylic acids is 2. The van der Waals surface area contributed by atoms with Crippen LogP contribution in [0, 0.1) is 23.2 Å². The summed E-state index contributed by atoms with van der Waals surface area (Å²) in [5.74, 6) is -2.44. The highest BCUT2D eigenvalue weighted by Crippen LogP contribution is 2.62. The Morgan fingerprint density at radius 2 is 1.68 bits per heavy atom. The average Bonchev–Trinajstić information content (AvgIpc) is 3.57. The van der Waals surface area contributed by atoms with Crippen LogP contribution in [0.15, 0.2) is 65.5 Å². The van der Waals surface area contributed by atoms with Gasteiger partial charge in [0.05, 0.1) is 51.8 Å². The summed E-state index contributed by atoms with van der Waals surface area (Å²) in [5, 5.41) is 25.6. The minimum absolute atomic E-state index is 0.174. The van der Waals surface area contributed by atoms with Gasteiger partial charge in [-0.15, -0.1) is 0 Å². The van der Waals surface area contributed by atoms with E-state index in [2.05, 4.69) is 11.2 Å². The van der Waals surface area contributed by atoms with Crippen molar-refractivity contribution in [1.82, 2.24) is 9.78 Å². The number of imide groups is 1. The first-order valence-corrected chi connectivity index (χ1v) is 12.6. The third kappa shape index (κ3) is 2.79. The molecule has 3 aliphatic heterocycles. The van der Waals surface area contributed by atoms with Gasteiger partial charge in [-0.25, -0.2) is 4.90 Å². The van der Waals surface area contributed by atoms with Gasteiger partial charge in [0.2, 0.25) is 11.8 Å². The Balaban J connectivity index is 1.29. The number of aliphatic hydroxyl groups is 1. The number of rotatable bonds is 4. The molecule has 0 saturated carbocycles. The van der Waals surface area contributed by atoms with E-state index in [-0.39, 0.29) is 30.9 Å². The van der Waals surface area contributed by atoms with E-state index in [0.717, 1.165) is 0 Å². The molecule has 1 aromatic heterocycles. The zero-order valence-corrected chi connectivity index (χ0v) is 20.5. The number of amides is 2. The van der Waals surface area contributed by atoms with Crippen LogP contribution < -0.4 is 10.5 Å². The van der Waals surface area contributed by atoms with Crippen molar-refractivity contribution in [3.05, 3.63) is 76.6 Å². The lowest BCUT2D eigenvalue weighted by Gasteiger charge is -2.33. The highest BCUT2D eigenvalue weighted by atomic mass is 16.6. The molecule has 0 radical (unpaired) electrons. The van der Waals surface area contributed by atoms with Gasteiger partial charge < -0.3 is 9.84 Å². The van der Waals surface area contributed by atoms with Gasteiger partial charge in [0.15, 0.2) is 0 Å². The summed E-state index contributed by atoms with van der Waals surface area (Å²) in [6.45, 7) is 1.94. The van der Waals surface area contributed by atoms with E-state index in [0.29, 0.717) is 32.9 Å². The first-order valence-electron chi connectivity index (χ1n) is 12.6. The molecule has 3 aliphatic rings. The Hall–Kier alpha value is -4.26. The standard InChI is InChI=1S/C29H24N4O5/c1-28-22(34)14-29(38-28,12-13-32-25(35)19-8-4-5-9-20(19)31-32)24-23(28)26(36)33(27(24)37)21-11-10-16(15-30)17-6-2-3-7-18(17)21/h2-11,22-24,31,34H,12-14H2,1H3/t22-,23-,24+,28-,29+/m0/s1. The topological polar surface area (TPSA) is 128 Å². The Kier molecular flexibility index (Phi) is 4.60. The Bertz CT molecular complexity index is 1780. The van der Waals surface area contributed by atoms with E-state index in [9.17, 15) is 24.8 Å². The molecule has 4 aromatic rings. The minimum Gasteiger partial charge on any atom is -0.390 e. The quantitative estimate of drug-likeness (QED) is 0.408. The zero-order chi connectivity index (χ0) is 26.4. The molecule has 3 saturated heterocycles. The number of anilines is 1. The summed E-state index contributed by atoms with van der Waals surface area (Å²) in [6, 6.07) is 19.8. The number of nitrogens with zero attached hydrogens (tertiary/aromatic N) is 3. The van der Waals surface area contributed by atoms with Gasteiger partial charge in [-0.05, 0) is 37.6 Å². The molecule has 2 bridgehead atoms. The number of nitriles is 1. The maximum absolute atomic E-state index is 14.1. The Morgan fingerprint density at radius 3 is 2.42 bits per heavy atom. The van der Waals surface area contributed by atoms with Crippen molar-refractivity contribution in [2.75, 3.05) is 4.90 Å². The predicted octanol–water partition coefficient (Wildman–Crippen LogP) is 2.84. The van der Waals surface area contributed by atoms with Crippen molar-refractivity contribution in [2.45, 2.75) is 43.6 Å². The maximum Gasteiger partial charge on any atom is 0.274 e. The first-order chi connectivity index (χ1) is 18.3. The summed E-state index contributed by atoms with van der Waals surface area (Å²) < 4.78 is 7.91. The molecule has 0 unspecified atom stereocenters. The van der Waals surface area contributed by atoms with Gasteiger partial charge in [-0.1, -0.05) is 36.4 Å². The molecule has 3 fully saturated rings. The molecule has 190 valence electrons. The number of ether oxygens (including phenoxy) is 1. The fourth-order valence-electron chi connectivity index (χ4n) is 7.00. The second-order valence-corrected chi connectivity index (χ2v) is 10.7. The molecule has 5 atom stereocenters. The van der Waals surface area contributed by atoms with Crippen molar-refractivity contribution in [3.63, 3.8) is 0 Å². The molecule has 3 aromatic carbocycles. The monoisotopic (exact) mass is 508 g/mol. The summed E-state index contributed by atoms with van der Waals surface area (Å²) in [4.78, 5) is 42.1. The fraction of sp³-hybridized carbons (Fsp3) is 0.310. The summed E-state index contributed by atoms with van der Waals surface area (Å²) in [5.41, 5.74) is -0.910. The van der Waals surface area contributed by atoms with Gasteiger partial charge in [0.1, 0.15) is 5.60 Å². The zero-order valence-electron chi connectivity index (χ0n) is 20.5. The van der Waals surface area contributed by atoms with Crippen LogP contribution >= 0.6 is 0 Å². The number of hydrogen-bond donors (Lipinski definition) is 2. The molecule has 0 aliphatic carbocycles. The lowest BCUT2D eigenvalue weighted by atomic mass is 9.66. The van der Waals surface area contributed by atoms with E-state index in [4.69, 9.17) is 4.74 Å². The number of benzene rings is 3. The number of hydrogen-bond acceptors (Lipinski definition) is 6. The summed E-state index contributed by atoms with van der Waals surface area (Å²) in [7, 11) is 0. The van der Waals surface area contributed by atoms with Gasteiger partial charge >= 0.3 is 0 Å². The lowest BCUT2D eigenvalue weighted by molar-refractivity contribution is -0.133. The summed E-state index contributed by atoms with van der Waals surface area (Å²) in [6.07, 6.45) is -0.465. The molecule has 2 N–H and O–H groups in total. The highest BCUT2D eigenvalue weighted by molar-refractivity contribution is 6.26. The normalized spacial score (nSPS) is 29.9. The fourth-order valence-corrected chi connectivity index (χ4v) is 7.00. The van der Waals surface area contributed by atoms with Crippen molar-refractivity contribution in [1.29, 1.82) is 5.26 Å². The maximum atomic E-state index is 14.1. The number of carbonyl (C=O) groups is 2. The predicted molar refractivity (Wildman–Crippen MR) is 138 cm³/mol. The largest absolute Gasteiger partial charge is 0.390 e. The number of aromatic amines is 1. The summed E-state index contributed by atoms with van der Waals surface area (Å²) >= 11 is 0. The molecule has 7 rings (SSSR count). The van der Waals surface area contributed by atoms with Crippen molar-refractivity contribution < 1.29 is 19.4 Å². The molecule has 0 spiro atoms. The lowest BCUT2D eigenvalue weighted by Crippen LogP contribution is -2.49. The second kappa shape index (κ2) is 7.63. The highest BCUT2D eigenvalue weighted by Gasteiger charge is 2.77. The number of para-hydroxylation sites is 1. The van der Waals surface area contributed by atoms with E-state index >= 15 is 0 Å². The van der Waals surface area contributed by atoms with Gasteiger partial charge in [0, 0.05) is 23.7 Å². The van der Waals surface area contributed by atoms with Crippen molar-refractivity contribution >= 4 is 39.2 Å². The van der Waals surface area contributed by atoms with Crippen molar-refractivity contribution in [2.24, 2.45) is 11.8 Å². The van der Waals surface area contributed by atoms with Crippen LogP contribution in [0.5, 0.6) is 0 Å². The van der Waals surface area contributed by atoms with E-state index in [1.54, 1.807) is 49.4 Å². The van der Waals surface area contributed by atoms with E-state index < -0.39 is 35.0 Å². The van der Waals surface area contributed by atoms with Crippen LogP contribution in [0.25, 0.3) is 21.7 Å². The number of aromatic nitrogens is 2. The Morgan fingerprint density at radius 1 is 1.00 bits per heavy atom. The average molecular weight is 509 g/mol. The van der Waals surface area contributed by atoms with Crippen LogP contribution in [0.4, 0.5) is 5.69 Å². The van der Waals surface area contributed by atoms with Crippen LogP contribution in [0.2, 0.25) is 0 Å². The number of nitrogens with one attached hydrogen (secondary N) is 1. The molecule has 9 nitrogen and oxygen atoms in total. The van der Waals surface area contributed by atoms with E-state index in [1.807, 2.05) is 18.2 Å². The molecule has 4 heterocycles. The van der Waals surface area contributed by atoms with Crippen LogP contribution in [0.3, 0.4) is 0 Å². The number of aryl methyl sites for hydroxylation is 1. The van der Waals surface area contributed by atoms with Crippen LogP contribution in [-0.4, -0.2) is 44.0 Å².